The van der Waals surface area contributed by atoms with Gasteiger partial charge in [-0.2, -0.15) is 0 Å². The van der Waals surface area contributed by atoms with Crippen LogP contribution in [0.5, 0.6) is 0 Å². The van der Waals surface area contributed by atoms with E-state index in [0.29, 0.717) is 0 Å². The Morgan fingerprint density at radius 1 is 1.50 bits per heavy atom. The van der Waals surface area contributed by atoms with E-state index in [1.54, 1.807) is 6.08 Å². The van der Waals surface area contributed by atoms with Crippen molar-refractivity contribution in [3.8, 4) is 0 Å². The van der Waals surface area contributed by atoms with Crippen molar-refractivity contribution in [1.82, 2.24) is 0 Å². The fourth-order valence-corrected chi connectivity index (χ4v) is 1.45. The van der Waals surface area contributed by atoms with Gasteiger partial charge in [0.15, 0.2) is 0 Å². The highest BCUT2D eigenvalue weighted by atomic mass is 16.5. The maximum absolute atomic E-state index is 10.9. The second kappa shape index (κ2) is 4.29. The maximum Gasteiger partial charge on any atom is 0.331 e. The minimum absolute atomic E-state index is 0.0732. The Kier molecular flexibility index (Phi) is 3.32. The van der Waals surface area contributed by atoms with Crippen LogP contribution in [-0.2, 0) is 9.53 Å². The molecule has 12 heavy (non-hydrogen) atoms. The van der Waals surface area contributed by atoms with Crippen molar-refractivity contribution in [1.29, 1.82) is 0 Å². The highest BCUT2D eigenvalue weighted by Gasteiger charge is 2.23. The lowest BCUT2D eigenvalue weighted by molar-refractivity contribution is -0.138. The number of carbonyl (C=O) groups is 1. The number of hydrogen-bond acceptors (Lipinski definition) is 2. The van der Waals surface area contributed by atoms with Crippen LogP contribution in [0.1, 0.15) is 39.5 Å². The van der Waals surface area contributed by atoms with E-state index >= 15 is 0 Å². The van der Waals surface area contributed by atoms with Gasteiger partial charge in [0.1, 0.15) is 6.10 Å². The molecule has 1 rings (SSSR count). The van der Waals surface area contributed by atoms with Gasteiger partial charge in [0.25, 0.3) is 0 Å². The van der Waals surface area contributed by atoms with Crippen molar-refractivity contribution in [2.24, 2.45) is 0 Å². The van der Waals surface area contributed by atoms with Gasteiger partial charge in [-0.05, 0) is 24.8 Å². The number of unbranched alkanes of at least 4 members (excludes halogenated alkanes) is 1. The van der Waals surface area contributed by atoms with Crippen LogP contribution in [0.25, 0.3) is 0 Å². The Morgan fingerprint density at radius 3 is 2.83 bits per heavy atom. The monoisotopic (exact) mass is 168 g/mol. The average molecular weight is 168 g/mol. The van der Waals surface area contributed by atoms with Crippen LogP contribution < -0.4 is 0 Å². The van der Waals surface area contributed by atoms with Crippen molar-refractivity contribution in [2.75, 3.05) is 0 Å². The Balaban J connectivity index is 2.48. The SMILES string of the molecule is CCCCC1=CC(=O)OC1CC. The van der Waals surface area contributed by atoms with Crippen molar-refractivity contribution in [3.63, 3.8) is 0 Å². The number of cyclic esters (lactones) is 1. The number of rotatable bonds is 4. The first-order chi connectivity index (χ1) is 5.77. The molecule has 1 aliphatic heterocycles. The second-order valence-electron chi connectivity index (χ2n) is 3.16. The van der Waals surface area contributed by atoms with Gasteiger partial charge in [0.05, 0.1) is 0 Å². The third kappa shape index (κ3) is 2.10. The summed E-state index contributed by atoms with van der Waals surface area (Å²) < 4.78 is 5.09. The van der Waals surface area contributed by atoms with Crippen LogP contribution in [0, 0.1) is 0 Å². The largest absolute Gasteiger partial charge is 0.455 e. The Bertz CT molecular complexity index is 194. The van der Waals surface area contributed by atoms with Gasteiger partial charge in [0, 0.05) is 6.08 Å². The normalized spacial score (nSPS) is 22.3. The summed E-state index contributed by atoms with van der Waals surface area (Å²) >= 11 is 0. The van der Waals surface area contributed by atoms with E-state index in [1.165, 1.54) is 12.0 Å². The third-order valence-electron chi connectivity index (χ3n) is 2.17. The highest BCUT2D eigenvalue weighted by Crippen LogP contribution is 2.22. The van der Waals surface area contributed by atoms with Gasteiger partial charge in [-0.3, -0.25) is 0 Å². The molecule has 1 unspecified atom stereocenters. The molecule has 1 atom stereocenters. The molecule has 0 spiro atoms. The Hall–Kier alpha value is -0.790. The molecule has 0 radical (unpaired) electrons. The van der Waals surface area contributed by atoms with Crippen LogP contribution in [0.15, 0.2) is 11.6 Å². The van der Waals surface area contributed by atoms with E-state index in [-0.39, 0.29) is 12.1 Å². The molecule has 1 heterocycles. The van der Waals surface area contributed by atoms with Crippen LogP contribution in [0.2, 0.25) is 0 Å². The van der Waals surface area contributed by atoms with E-state index < -0.39 is 0 Å². The summed E-state index contributed by atoms with van der Waals surface area (Å²) in [5.74, 6) is -0.159. The van der Waals surface area contributed by atoms with Crippen molar-refractivity contribution in [3.05, 3.63) is 11.6 Å². The molecule has 2 heteroatoms. The lowest BCUT2D eigenvalue weighted by Crippen LogP contribution is -2.09. The molecule has 1 aliphatic rings. The minimum Gasteiger partial charge on any atom is -0.455 e. The lowest BCUT2D eigenvalue weighted by Gasteiger charge is -2.10. The average Bonchev–Trinajstić information content (AvgIpc) is 2.42. The molecule has 0 N–H and O–H groups in total. The molecule has 68 valence electrons. The summed E-state index contributed by atoms with van der Waals surface area (Å²) in [4.78, 5) is 10.9. The first-order valence-electron chi connectivity index (χ1n) is 4.69. The van der Waals surface area contributed by atoms with E-state index in [9.17, 15) is 4.79 Å². The standard InChI is InChI=1S/C10H16O2/c1-3-5-6-8-7-10(11)12-9(8)4-2/h7,9H,3-6H2,1-2H3. The number of carbonyl (C=O) groups excluding carboxylic acids is 1. The van der Waals surface area contributed by atoms with Crippen molar-refractivity contribution < 1.29 is 9.53 Å². The van der Waals surface area contributed by atoms with E-state index in [4.69, 9.17) is 4.74 Å². The molecule has 0 saturated heterocycles. The number of esters is 1. The molecule has 0 aliphatic carbocycles. The summed E-state index contributed by atoms with van der Waals surface area (Å²) in [5.41, 5.74) is 1.18. The summed E-state index contributed by atoms with van der Waals surface area (Å²) in [6.45, 7) is 4.20. The summed E-state index contributed by atoms with van der Waals surface area (Å²) in [6.07, 6.45) is 5.97. The first-order valence-corrected chi connectivity index (χ1v) is 4.69. The Morgan fingerprint density at radius 2 is 2.25 bits per heavy atom. The van der Waals surface area contributed by atoms with E-state index in [1.807, 2.05) is 6.92 Å². The molecule has 0 amide bonds. The van der Waals surface area contributed by atoms with Crippen LogP contribution in [0.4, 0.5) is 0 Å². The zero-order valence-electron chi connectivity index (χ0n) is 7.80. The smallest absolute Gasteiger partial charge is 0.331 e. The quantitative estimate of drug-likeness (QED) is 0.603. The fourth-order valence-electron chi connectivity index (χ4n) is 1.45. The van der Waals surface area contributed by atoms with Crippen LogP contribution in [-0.4, -0.2) is 12.1 Å². The van der Waals surface area contributed by atoms with Gasteiger partial charge in [-0.1, -0.05) is 20.3 Å². The van der Waals surface area contributed by atoms with Gasteiger partial charge in [-0.25, -0.2) is 4.79 Å². The minimum atomic E-state index is -0.159. The van der Waals surface area contributed by atoms with Gasteiger partial charge in [0.2, 0.25) is 0 Å². The van der Waals surface area contributed by atoms with E-state index in [0.717, 1.165) is 19.3 Å². The van der Waals surface area contributed by atoms with Crippen LogP contribution in [0.3, 0.4) is 0 Å². The Labute approximate surface area is 73.6 Å². The van der Waals surface area contributed by atoms with Gasteiger partial charge < -0.3 is 4.74 Å². The zero-order valence-corrected chi connectivity index (χ0v) is 7.80. The first kappa shape index (κ1) is 9.30. The van der Waals surface area contributed by atoms with Crippen molar-refractivity contribution in [2.45, 2.75) is 45.6 Å². The summed E-state index contributed by atoms with van der Waals surface area (Å²) in [6, 6.07) is 0. The molecule has 0 aromatic carbocycles. The second-order valence-corrected chi connectivity index (χ2v) is 3.16. The summed E-state index contributed by atoms with van der Waals surface area (Å²) in [7, 11) is 0. The number of ether oxygens (including phenoxy) is 1. The fraction of sp³-hybridized carbons (Fsp3) is 0.700. The molecule has 0 saturated carbocycles. The molecule has 0 aromatic heterocycles. The zero-order chi connectivity index (χ0) is 8.97. The highest BCUT2D eigenvalue weighted by molar-refractivity contribution is 5.85. The predicted molar refractivity (Wildman–Crippen MR) is 47.8 cm³/mol. The summed E-state index contributed by atoms with van der Waals surface area (Å²) in [5, 5.41) is 0. The third-order valence-corrected chi connectivity index (χ3v) is 2.17. The topological polar surface area (TPSA) is 26.3 Å². The lowest BCUT2D eigenvalue weighted by atomic mass is 10.0. The van der Waals surface area contributed by atoms with Crippen LogP contribution >= 0.6 is 0 Å². The molecule has 0 aromatic rings. The van der Waals surface area contributed by atoms with Gasteiger partial charge >= 0.3 is 5.97 Å². The predicted octanol–water partition coefficient (Wildman–Crippen LogP) is 2.44. The van der Waals surface area contributed by atoms with E-state index in [2.05, 4.69) is 6.92 Å². The molecule has 0 bridgehead atoms. The van der Waals surface area contributed by atoms with Crippen molar-refractivity contribution >= 4 is 5.97 Å². The maximum atomic E-state index is 10.9. The molecule has 0 fully saturated rings. The molecular weight excluding hydrogens is 152 g/mol. The molecule has 2 nitrogen and oxygen atoms in total. The van der Waals surface area contributed by atoms with Gasteiger partial charge in [-0.15, -0.1) is 0 Å². The number of hydrogen-bond donors (Lipinski definition) is 0. The molecular formula is C10H16O2.